The van der Waals surface area contributed by atoms with Gasteiger partial charge in [0.2, 0.25) is 5.95 Å². The largest absolute Gasteiger partial charge is 0.340 e. The molecular weight excluding hydrogens is 286 g/mol. The lowest BCUT2D eigenvalue weighted by Gasteiger charge is -2.22. The minimum Gasteiger partial charge on any atom is -0.340 e. The molecule has 6 heteroatoms. The number of fused-ring (bicyclic) bond motifs is 1. The molecule has 3 heterocycles. The standard InChI is InChI=1S/C15H14ClN5/c16-10-8-17-15(18-9-10)21-7-3-6-13(21)14-19-11-4-1-2-5-12(11)20-14/h1-2,4-5,8-9,13H,3,6-7H2,(H,19,20)/t13-/m0/s1. The van der Waals surface area contributed by atoms with Gasteiger partial charge in [-0.1, -0.05) is 23.7 Å². The van der Waals surface area contributed by atoms with Crippen LogP contribution in [0, 0.1) is 0 Å². The molecule has 106 valence electrons. The first-order chi connectivity index (χ1) is 10.3. The summed E-state index contributed by atoms with van der Waals surface area (Å²) >= 11 is 5.86. The summed E-state index contributed by atoms with van der Waals surface area (Å²) in [5, 5.41) is 0.554. The van der Waals surface area contributed by atoms with Gasteiger partial charge in [0.15, 0.2) is 0 Å². The summed E-state index contributed by atoms with van der Waals surface area (Å²) < 4.78 is 0. The number of benzene rings is 1. The summed E-state index contributed by atoms with van der Waals surface area (Å²) in [4.78, 5) is 19.0. The van der Waals surface area contributed by atoms with E-state index in [2.05, 4.69) is 19.9 Å². The van der Waals surface area contributed by atoms with E-state index in [9.17, 15) is 0 Å². The summed E-state index contributed by atoms with van der Waals surface area (Å²) in [6, 6.07) is 8.27. The molecule has 21 heavy (non-hydrogen) atoms. The Balaban J connectivity index is 1.71. The molecule has 0 aliphatic carbocycles. The molecule has 1 aliphatic rings. The van der Waals surface area contributed by atoms with Crippen molar-refractivity contribution < 1.29 is 0 Å². The molecule has 1 aromatic carbocycles. The fraction of sp³-hybridized carbons (Fsp3) is 0.267. The quantitative estimate of drug-likeness (QED) is 0.788. The first-order valence-electron chi connectivity index (χ1n) is 7.00. The van der Waals surface area contributed by atoms with Crippen molar-refractivity contribution in [2.24, 2.45) is 0 Å². The van der Waals surface area contributed by atoms with Crippen LogP contribution in [0.4, 0.5) is 5.95 Å². The molecule has 5 nitrogen and oxygen atoms in total. The van der Waals surface area contributed by atoms with Gasteiger partial charge in [0.05, 0.1) is 34.5 Å². The molecule has 3 aromatic rings. The van der Waals surface area contributed by atoms with Crippen molar-refractivity contribution in [1.82, 2.24) is 19.9 Å². The van der Waals surface area contributed by atoms with Crippen molar-refractivity contribution in [2.45, 2.75) is 18.9 Å². The molecule has 4 rings (SSSR count). The molecule has 0 saturated carbocycles. The minimum atomic E-state index is 0.193. The molecule has 0 radical (unpaired) electrons. The van der Waals surface area contributed by atoms with E-state index < -0.39 is 0 Å². The van der Waals surface area contributed by atoms with Crippen LogP contribution in [-0.4, -0.2) is 26.5 Å². The maximum Gasteiger partial charge on any atom is 0.225 e. The Morgan fingerprint density at radius 1 is 1.19 bits per heavy atom. The fourth-order valence-corrected chi connectivity index (χ4v) is 2.97. The highest BCUT2D eigenvalue weighted by Gasteiger charge is 2.30. The van der Waals surface area contributed by atoms with Crippen LogP contribution in [-0.2, 0) is 0 Å². The summed E-state index contributed by atoms with van der Waals surface area (Å²) in [6.45, 7) is 0.934. The van der Waals surface area contributed by atoms with Crippen molar-refractivity contribution in [3.63, 3.8) is 0 Å². The van der Waals surface area contributed by atoms with Crippen molar-refractivity contribution in [3.8, 4) is 0 Å². The van der Waals surface area contributed by atoms with Crippen molar-refractivity contribution >= 4 is 28.6 Å². The van der Waals surface area contributed by atoms with E-state index in [1.807, 2.05) is 24.3 Å². The monoisotopic (exact) mass is 299 g/mol. The van der Waals surface area contributed by atoms with Gasteiger partial charge in [0, 0.05) is 6.54 Å². The third kappa shape index (κ3) is 2.23. The highest BCUT2D eigenvalue weighted by molar-refractivity contribution is 6.30. The number of aromatic nitrogens is 4. The topological polar surface area (TPSA) is 57.7 Å². The Bertz CT molecular complexity index is 734. The first kappa shape index (κ1) is 12.6. The molecule has 2 aromatic heterocycles. The van der Waals surface area contributed by atoms with Crippen LogP contribution in [0.2, 0.25) is 5.02 Å². The third-order valence-electron chi connectivity index (χ3n) is 3.84. The Morgan fingerprint density at radius 2 is 2.00 bits per heavy atom. The molecule has 0 amide bonds. The van der Waals surface area contributed by atoms with Crippen molar-refractivity contribution in [2.75, 3.05) is 11.4 Å². The molecule has 1 saturated heterocycles. The van der Waals surface area contributed by atoms with E-state index in [4.69, 9.17) is 16.6 Å². The lowest BCUT2D eigenvalue weighted by atomic mass is 10.2. The zero-order chi connectivity index (χ0) is 14.2. The Kier molecular flexibility index (Phi) is 3.00. The van der Waals surface area contributed by atoms with Crippen LogP contribution >= 0.6 is 11.6 Å². The number of H-pyrrole nitrogens is 1. The predicted octanol–water partition coefficient (Wildman–Crippen LogP) is 3.35. The number of halogens is 1. The summed E-state index contributed by atoms with van der Waals surface area (Å²) in [5.41, 5.74) is 2.06. The van der Waals surface area contributed by atoms with Gasteiger partial charge >= 0.3 is 0 Å². The number of nitrogens with zero attached hydrogens (tertiary/aromatic N) is 4. The lowest BCUT2D eigenvalue weighted by molar-refractivity contribution is 0.665. The lowest BCUT2D eigenvalue weighted by Crippen LogP contribution is -2.25. The zero-order valence-corrected chi connectivity index (χ0v) is 12.1. The molecule has 1 fully saturated rings. The minimum absolute atomic E-state index is 0.193. The second kappa shape index (κ2) is 5.00. The maximum atomic E-state index is 5.86. The van der Waals surface area contributed by atoms with Crippen molar-refractivity contribution in [1.29, 1.82) is 0 Å². The van der Waals surface area contributed by atoms with E-state index in [-0.39, 0.29) is 6.04 Å². The molecule has 1 aliphatic heterocycles. The number of hydrogen-bond acceptors (Lipinski definition) is 4. The Labute approximate surface area is 127 Å². The van der Waals surface area contributed by atoms with Gasteiger partial charge in [-0.15, -0.1) is 0 Å². The number of hydrogen-bond donors (Lipinski definition) is 1. The Morgan fingerprint density at radius 3 is 2.81 bits per heavy atom. The molecule has 0 bridgehead atoms. The average molecular weight is 300 g/mol. The second-order valence-corrected chi connectivity index (χ2v) is 5.63. The number of para-hydroxylation sites is 2. The average Bonchev–Trinajstić information content (AvgIpc) is 3.14. The van der Waals surface area contributed by atoms with Crippen LogP contribution in [0.3, 0.4) is 0 Å². The van der Waals surface area contributed by atoms with Crippen LogP contribution in [0.1, 0.15) is 24.7 Å². The normalized spacial score (nSPS) is 18.5. The van der Waals surface area contributed by atoms with Gasteiger partial charge in [-0.2, -0.15) is 0 Å². The molecule has 0 unspecified atom stereocenters. The molecule has 0 spiro atoms. The number of rotatable bonds is 2. The van der Waals surface area contributed by atoms with E-state index in [0.29, 0.717) is 11.0 Å². The number of anilines is 1. The predicted molar refractivity (Wildman–Crippen MR) is 82.5 cm³/mol. The smallest absolute Gasteiger partial charge is 0.225 e. The summed E-state index contributed by atoms with van der Waals surface area (Å²) in [6.07, 6.45) is 5.43. The zero-order valence-electron chi connectivity index (χ0n) is 11.3. The van der Waals surface area contributed by atoms with E-state index in [1.165, 1.54) is 0 Å². The maximum absolute atomic E-state index is 5.86. The fourth-order valence-electron chi connectivity index (χ4n) is 2.87. The molecule has 1 N–H and O–H groups in total. The number of aromatic amines is 1. The highest BCUT2D eigenvalue weighted by Crippen LogP contribution is 2.33. The molecular formula is C15H14ClN5. The summed E-state index contributed by atoms with van der Waals surface area (Å²) in [7, 11) is 0. The van der Waals surface area contributed by atoms with Gasteiger partial charge < -0.3 is 9.88 Å². The van der Waals surface area contributed by atoms with E-state index in [1.54, 1.807) is 12.4 Å². The van der Waals surface area contributed by atoms with Gasteiger partial charge in [0.1, 0.15) is 5.82 Å². The van der Waals surface area contributed by atoms with Crippen molar-refractivity contribution in [3.05, 3.63) is 47.5 Å². The molecule has 1 atom stereocenters. The number of imidazole rings is 1. The van der Waals surface area contributed by atoms with Crippen LogP contribution in [0.5, 0.6) is 0 Å². The van der Waals surface area contributed by atoms with Gasteiger partial charge in [-0.3, -0.25) is 0 Å². The first-order valence-corrected chi connectivity index (χ1v) is 7.38. The van der Waals surface area contributed by atoms with Gasteiger partial charge in [0.25, 0.3) is 0 Å². The second-order valence-electron chi connectivity index (χ2n) is 5.19. The van der Waals surface area contributed by atoms with E-state index >= 15 is 0 Å². The van der Waals surface area contributed by atoms with Gasteiger partial charge in [-0.05, 0) is 25.0 Å². The van der Waals surface area contributed by atoms with Crippen LogP contribution in [0.15, 0.2) is 36.7 Å². The SMILES string of the molecule is Clc1cnc(N2CCC[C@H]2c2nc3ccccc3[nH]2)nc1. The highest BCUT2D eigenvalue weighted by atomic mass is 35.5. The Hall–Kier alpha value is -2.14. The number of nitrogens with one attached hydrogen (secondary N) is 1. The third-order valence-corrected chi connectivity index (χ3v) is 4.03. The van der Waals surface area contributed by atoms with Crippen LogP contribution in [0.25, 0.3) is 11.0 Å². The van der Waals surface area contributed by atoms with Gasteiger partial charge in [-0.25, -0.2) is 15.0 Å². The van der Waals surface area contributed by atoms with Crippen LogP contribution < -0.4 is 4.90 Å². The summed E-state index contributed by atoms with van der Waals surface area (Å²) in [5.74, 6) is 1.69. The van der Waals surface area contributed by atoms with E-state index in [0.717, 1.165) is 36.2 Å².